The van der Waals surface area contributed by atoms with Gasteiger partial charge in [-0.05, 0) is 36.0 Å². The molecule has 40 heavy (non-hydrogen) atoms. The van der Waals surface area contributed by atoms with Gasteiger partial charge < -0.3 is 36.9 Å². The average molecular weight is 552 g/mol. The smallest absolute Gasteiger partial charge is 0.328 e. The van der Waals surface area contributed by atoms with Crippen molar-refractivity contribution in [3.05, 3.63) is 71.9 Å². The molecule has 0 radical (unpaired) electrons. The summed E-state index contributed by atoms with van der Waals surface area (Å²) in [6.45, 7) is 2.89. The Bertz CT molecular complexity index is 1310. The van der Waals surface area contributed by atoms with E-state index in [4.69, 9.17) is 5.73 Å². The maximum atomic E-state index is 13.6. The standard InChI is InChI=1S/C29H37N5O6/c1-17(2)12-23(27(37)34-25(16-35)29(39)40)33-28(38)24(14-19-15-31-22-11-7-6-10-20(19)22)32-26(36)21(30)13-18-8-4-3-5-9-18/h3-11,15,17,21,23-25,31,35H,12-14,16,30H2,1-2H3,(H,32,36)(H,33,38)(H,34,37)(H,39,40). The van der Waals surface area contributed by atoms with Gasteiger partial charge in [0.25, 0.3) is 0 Å². The zero-order chi connectivity index (χ0) is 29.2. The predicted octanol–water partition coefficient (Wildman–Crippen LogP) is 0.858. The van der Waals surface area contributed by atoms with Crippen molar-refractivity contribution < 1.29 is 29.4 Å². The first-order valence-electron chi connectivity index (χ1n) is 13.2. The van der Waals surface area contributed by atoms with Crippen LogP contribution in [0, 0.1) is 5.92 Å². The number of para-hydroxylation sites is 1. The number of aliphatic hydroxyl groups is 1. The molecule has 3 rings (SSSR count). The lowest BCUT2D eigenvalue weighted by Gasteiger charge is -2.26. The lowest BCUT2D eigenvalue weighted by Crippen LogP contribution is -2.58. The monoisotopic (exact) mass is 551 g/mol. The summed E-state index contributed by atoms with van der Waals surface area (Å²) in [6, 6.07) is 12.2. The number of aliphatic hydroxyl groups excluding tert-OH is 1. The number of hydrogen-bond donors (Lipinski definition) is 7. The van der Waals surface area contributed by atoms with Gasteiger partial charge in [0, 0.05) is 23.5 Å². The number of fused-ring (bicyclic) bond motifs is 1. The van der Waals surface area contributed by atoms with Crippen LogP contribution in [-0.4, -0.2) is 69.7 Å². The van der Waals surface area contributed by atoms with E-state index in [0.29, 0.717) is 0 Å². The van der Waals surface area contributed by atoms with Gasteiger partial charge in [0.2, 0.25) is 17.7 Å². The van der Waals surface area contributed by atoms with E-state index in [1.165, 1.54) is 0 Å². The van der Waals surface area contributed by atoms with Gasteiger partial charge in [0.15, 0.2) is 0 Å². The number of carboxylic acids is 1. The number of rotatable bonds is 14. The highest BCUT2D eigenvalue weighted by atomic mass is 16.4. The lowest BCUT2D eigenvalue weighted by atomic mass is 10.00. The van der Waals surface area contributed by atoms with Crippen LogP contribution in [-0.2, 0) is 32.0 Å². The largest absolute Gasteiger partial charge is 0.480 e. The number of carbonyl (C=O) groups is 4. The number of carboxylic acid groups (broad SMARTS) is 1. The molecule has 0 aliphatic carbocycles. The number of nitrogens with two attached hydrogens (primary N) is 1. The van der Waals surface area contributed by atoms with Gasteiger partial charge in [-0.1, -0.05) is 62.4 Å². The molecule has 1 heterocycles. The molecule has 3 aromatic rings. The molecule has 1 aromatic heterocycles. The fourth-order valence-corrected chi connectivity index (χ4v) is 4.40. The summed E-state index contributed by atoms with van der Waals surface area (Å²) in [5.41, 5.74) is 8.70. The first kappa shape index (κ1) is 30.3. The highest BCUT2D eigenvalue weighted by molar-refractivity contribution is 5.95. The molecular weight excluding hydrogens is 514 g/mol. The van der Waals surface area contributed by atoms with Crippen LogP contribution >= 0.6 is 0 Å². The maximum absolute atomic E-state index is 13.6. The minimum Gasteiger partial charge on any atom is -0.480 e. The van der Waals surface area contributed by atoms with Gasteiger partial charge in [0.1, 0.15) is 18.1 Å². The van der Waals surface area contributed by atoms with Crippen molar-refractivity contribution in [2.24, 2.45) is 11.7 Å². The molecule has 11 nitrogen and oxygen atoms in total. The third-order valence-electron chi connectivity index (χ3n) is 6.50. The highest BCUT2D eigenvalue weighted by Crippen LogP contribution is 2.19. The molecule has 2 aromatic carbocycles. The predicted molar refractivity (Wildman–Crippen MR) is 150 cm³/mol. The van der Waals surface area contributed by atoms with E-state index >= 15 is 0 Å². The lowest BCUT2D eigenvalue weighted by molar-refractivity contribution is -0.143. The molecule has 0 saturated carbocycles. The summed E-state index contributed by atoms with van der Waals surface area (Å²) in [6.07, 6.45) is 2.35. The minimum atomic E-state index is -1.52. The van der Waals surface area contributed by atoms with E-state index in [-0.39, 0.29) is 25.2 Å². The topological polar surface area (TPSA) is 187 Å². The maximum Gasteiger partial charge on any atom is 0.328 e. The average Bonchev–Trinajstić information content (AvgIpc) is 3.33. The summed E-state index contributed by atoms with van der Waals surface area (Å²) in [7, 11) is 0. The third-order valence-corrected chi connectivity index (χ3v) is 6.50. The number of benzene rings is 2. The molecule has 4 atom stereocenters. The number of aromatic nitrogens is 1. The number of amides is 3. The molecular formula is C29H37N5O6. The Morgan fingerprint density at radius 1 is 0.825 bits per heavy atom. The summed E-state index contributed by atoms with van der Waals surface area (Å²) in [5.74, 6) is -3.33. The zero-order valence-corrected chi connectivity index (χ0v) is 22.6. The van der Waals surface area contributed by atoms with Gasteiger partial charge in [0.05, 0.1) is 12.6 Å². The molecule has 0 bridgehead atoms. The molecule has 0 aliphatic rings. The van der Waals surface area contributed by atoms with E-state index in [9.17, 15) is 29.4 Å². The van der Waals surface area contributed by atoms with E-state index < -0.39 is 54.5 Å². The Hall–Kier alpha value is -4.22. The van der Waals surface area contributed by atoms with Crippen LogP contribution in [0.25, 0.3) is 10.9 Å². The van der Waals surface area contributed by atoms with Gasteiger partial charge >= 0.3 is 5.97 Å². The molecule has 4 unspecified atom stereocenters. The number of carbonyl (C=O) groups excluding carboxylic acids is 3. The normalized spacial score (nSPS) is 14.2. The first-order chi connectivity index (χ1) is 19.1. The molecule has 0 saturated heterocycles. The molecule has 0 fully saturated rings. The number of hydrogen-bond acceptors (Lipinski definition) is 6. The Kier molecular flexibility index (Phi) is 10.8. The second-order valence-electron chi connectivity index (χ2n) is 10.2. The molecule has 3 amide bonds. The first-order valence-corrected chi connectivity index (χ1v) is 13.2. The summed E-state index contributed by atoms with van der Waals surface area (Å²) in [5, 5.41) is 27.1. The van der Waals surface area contributed by atoms with Crippen LogP contribution < -0.4 is 21.7 Å². The van der Waals surface area contributed by atoms with Crippen LogP contribution in [0.1, 0.15) is 31.4 Å². The number of aliphatic carboxylic acids is 1. The van der Waals surface area contributed by atoms with Gasteiger partial charge in [-0.25, -0.2) is 4.79 Å². The second-order valence-corrected chi connectivity index (χ2v) is 10.2. The van der Waals surface area contributed by atoms with Crippen LogP contribution in [0.4, 0.5) is 0 Å². The fourth-order valence-electron chi connectivity index (χ4n) is 4.40. The Morgan fingerprint density at radius 2 is 1.43 bits per heavy atom. The molecule has 8 N–H and O–H groups in total. The van der Waals surface area contributed by atoms with E-state index in [1.54, 1.807) is 6.20 Å². The Balaban J connectivity index is 1.83. The van der Waals surface area contributed by atoms with E-state index in [2.05, 4.69) is 20.9 Å². The number of aromatic amines is 1. The third kappa shape index (κ3) is 8.39. The fraction of sp³-hybridized carbons (Fsp3) is 0.379. The van der Waals surface area contributed by atoms with Crippen LogP contribution in [0.3, 0.4) is 0 Å². The summed E-state index contributed by atoms with van der Waals surface area (Å²) >= 11 is 0. The van der Waals surface area contributed by atoms with Crippen molar-refractivity contribution in [2.75, 3.05) is 6.61 Å². The Morgan fingerprint density at radius 3 is 2.08 bits per heavy atom. The zero-order valence-electron chi connectivity index (χ0n) is 22.6. The van der Waals surface area contributed by atoms with Crippen molar-refractivity contribution >= 4 is 34.6 Å². The van der Waals surface area contributed by atoms with Gasteiger partial charge in [-0.15, -0.1) is 0 Å². The summed E-state index contributed by atoms with van der Waals surface area (Å²) in [4.78, 5) is 54.1. The second kappa shape index (κ2) is 14.2. The van der Waals surface area contributed by atoms with Gasteiger partial charge in [-0.2, -0.15) is 0 Å². The minimum absolute atomic E-state index is 0.0330. The van der Waals surface area contributed by atoms with Crippen molar-refractivity contribution in [1.29, 1.82) is 0 Å². The van der Waals surface area contributed by atoms with E-state index in [0.717, 1.165) is 22.0 Å². The van der Waals surface area contributed by atoms with Gasteiger partial charge in [-0.3, -0.25) is 14.4 Å². The van der Waals surface area contributed by atoms with Crippen molar-refractivity contribution in [1.82, 2.24) is 20.9 Å². The van der Waals surface area contributed by atoms with E-state index in [1.807, 2.05) is 68.4 Å². The molecule has 214 valence electrons. The van der Waals surface area contributed by atoms with Crippen molar-refractivity contribution in [3.8, 4) is 0 Å². The Labute approximate surface area is 232 Å². The number of H-pyrrole nitrogens is 1. The van der Waals surface area contributed by atoms with Crippen molar-refractivity contribution in [3.63, 3.8) is 0 Å². The van der Waals surface area contributed by atoms with Crippen molar-refractivity contribution in [2.45, 2.75) is 57.3 Å². The number of nitrogens with one attached hydrogen (secondary N) is 4. The van der Waals surface area contributed by atoms with Crippen LogP contribution in [0.15, 0.2) is 60.8 Å². The SMILES string of the molecule is CC(C)CC(NC(=O)C(Cc1c[nH]c2ccccc12)NC(=O)C(N)Cc1ccccc1)C(=O)NC(CO)C(=O)O. The molecule has 0 spiro atoms. The molecule has 0 aliphatic heterocycles. The summed E-state index contributed by atoms with van der Waals surface area (Å²) < 4.78 is 0. The van der Waals surface area contributed by atoms with Crippen LogP contribution in [0.5, 0.6) is 0 Å². The quantitative estimate of drug-likeness (QED) is 0.155. The van der Waals surface area contributed by atoms with Crippen LogP contribution in [0.2, 0.25) is 0 Å². The highest BCUT2D eigenvalue weighted by Gasteiger charge is 2.31. The molecule has 11 heteroatoms.